The lowest BCUT2D eigenvalue weighted by Crippen LogP contribution is -2.12. The summed E-state index contributed by atoms with van der Waals surface area (Å²) < 4.78 is 27.0. The van der Waals surface area contributed by atoms with Gasteiger partial charge in [0.1, 0.15) is 0 Å². The number of rotatable bonds is 8. The van der Waals surface area contributed by atoms with Crippen LogP contribution in [0.3, 0.4) is 0 Å². The average Bonchev–Trinajstić information content (AvgIpc) is 3.09. The Kier molecular flexibility index (Phi) is 9.22. The summed E-state index contributed by atoms with van der Waals surface area (Å²) in [5.41, 5.74) is 5.09. The van der Waals surface area contributed by atoms with E-state index in [0.29, 0.717) is 32.5 Å². The lowest BCUT2D eigenvalue weighted by molar-refractivity contribution is 0.101. The van der Waals surface area contributed by atoms with Crippen molar-refractivity contribution in [1.29, 1.82) is 0 Å². The number of hydrogen-bond donors (Lipinski definition) is 2. The number of amides is 2. The highest BCUT2D eigenvalue weighted by atomic mass is 35.5. The SMILES string of the molecule is O=C(Nc1cccc(-c2ccc(S(=O)(=O)c3ccc(-c4cccc(NC(=O)c5ccccc5Cl)c4)cc3)cc2)c1)c1ccccc1Cl. The Morgan fingerprint density at radius 1 is 0.447 bits per heavy atom. The summed E-state index contributed by atoms with van der Waals surface area (Å²) in [4.78, 5) is 25.7. The van der Waals surface area contributed by atoms with E-state index in [1.807, 2.05) is 36.4 Å². The van der Waals surface area contributed by atoms with E-state index in [1.165, 1.54) is 0 Å². The quantitative estimate of drug-likeness (QED) is 0.168. The van der Waals surface area contributed by atoms with Crippen molar-refractivity contribution in [2.45, 2.75) is 9.79 Å². The van der Waals surface area contributed by atoms with Crippen LogP contribution < -0.4 is 10.6 Å². The van der Waals surface area contributed by atoms with Crippen molar-refractivity contribution < 1.29 is 18.0 Å². The summed E-state index contributed by atoms with van der Waals surface area (Å²) in [5, 5.41) is 6.44. The van der Waals surface area contributed by atoms with Crippen molar-refractivity contribution in [1.82, 2.24) is 0 Å². The normalized spacial score (nSPS) is 11.1. The van der Waals surface area contributed by atoms with Crippen LogP contribution in [0.4, 0.5) is 11.4 Å². The Morgan fingerprint density at radius 2 is 0.830 bits per heavy atom. The minimum Gasteiger partial charge on any atom is -0.322 e. The van der Waals surface area contributed by atoms with Gasteiger partial charge >= 0.3 is 0 Å². The van der Waals surface area contributed by atoms with Gasteiger partial charge in [0, 0.05) is 11.4 Å². The standard InChI is InChI=1S/C38H26Cl2N2O4S/c39-35-13-3-1-11-33(35)37(43)41-29-9-5-7-27(23-29)25-15-19-31(20-16-25)47(45,46)32-21-17-26(18-22-32)28-8-6-10-30(24-28)42-38(44)34-12-2-4-14-36(34)40/h1-24H,(H,41,43)(H,42,44). The van der Waals surface area contributed by atoms with Gasteiger partial charge in [-0.1, -0.05) is 96.0 Å². The number of hydrogen-bond acceptors (Lipinski definition) is 4. The van der Waals surface area contributed by atoms with Crippen LogP contribution in [0.5, 0.6) is 0 Å². The van der Waals surface area contributed by atoms with Crippen LogP contribution in [0.25, 0.3) is 22.3 Å². The zero-order valence-electron chi connectivity index (χ0n) is 24.7. The van der Waals surface area contributed by atoms with Gasteiger partial charge in [-0.15, -0.1) is 0 Å². The Bertz CT molecular complexity index is 2070. The fraction of sp³-hybridized carbons (Fsp3) is 0. The molecule has 0 saturated heterocycles. The van der Waals surface area contributed by atoms with Crippen molar-refractivity contribution >= 4 is 56.2 Å². The summed E-state index contributed by atoms with van der Waals surface area (Å²) in [5.74, 6) is -0.652. The molecule has 0 heterocycles. The van der Waals surface area contributed by atoms with Crippen molar-refractivity contribution in [3.05, 3.63) is 167 Å². The molecule has 47 heavy (non-hydrogen) atoms. The smallest absolute Gasteiger partial charge is 0.257 e. The van der Waals surface area contributed by atoms with Crippen molar-refractivity contribution in [3.63, 3.8) is 0 Å². The van der Waals surface area contributed by atoms with Crippen molar-refractivity contribution in [3.8, 4) is 22.3 Å². The Hall–Kier alpha value is -5.21. The molecule has 0 aliphatic heterocycles. The zero-order chi connectivity index (χ0) is 33.0. The molecule has 6 nitrogen and oxygen atoms in total. The van der Waals surface area contributed by atoms with Crippen molar-refractivity contribution in [2.75, 3.05) is 10.6 Å². The highest BCUT2D eigenvalue weighted by Crippen LogP contribution is 2.30. The van der Waals surface area contributed by atoms with E-state index in [2.05, 4.69) is 10.6 Å². The Balaban J connectivity index is 1.16. The lowest BCUT2D eigenvalue weighted by atomic mass is 10.1. The molecule has 232 valence electrons. The molecule has 0 spiro atoms. The predicted octanol–water partition coefficient (Wildman–Crippen LogP) is 9.66. The number of halogens is 2. The van der Waals surface area contributed by atoms with E-state index in [1.54, 1.807) is 109 Å². The molecule has 2 amide bonds. The minimum absolute atomic E-state index is 0.154. The topological polar surface area (TPSA) is 92.3 Å². The van der Waals surface area contributed by atoms with Gasteiger partial charge < -0.3 is 10.6 Å². The van der Waals surface area contributed by atoms with Crippen LogP contribution in [-0.4, -0.2) is 20.2 Å². The fourth-order valence-electron chi connectivity index (χ4n) is 5.03. The molecule has 6 aromatic carbocycles. The van der Waals surface area contributed by atoms with E-state index in [-0.39, 0.29) is 21.6 Å². The summed E-state index contributed by atoms with van der Waals surface area (Å²) in [6, 6.07) is 41.4. The first-order chi connectivity index (χ1) is 22.7. The third kappa shape index (κ3) is 7.13. The van der Waals surface area contributed by atoms with Gasteiger partial charge in [-0.3, -0.25) is 9.59 Å². The number of nitrogens with one attached hydrogen (secondary N) is 2. The lowest BCUT2D eigenvalue weighted by Gasteiger charge is -2.11. The second-order valence-electron chi connectivity index (χ2n) is 10.6. The van der Waals surface area contributed by atoms with E-state index in [4.69, 9.17) is 23.2 Å². The maximum absolute atomic E-state index is 13.5. The number of anilines is 2. The number of carbonyl (C=O) groups excluding carboxylic acids is 2. The van der Waals surface area contributed by atoms with Gasteiger partial charge in [-0.2, -0.15) is 0 Å². The molecule has 0 fully saturated rings. The maximum atomic E-state index is 13.5. The van der Waals surface area contributed by atoms with E-state index >= 15 is 0 Å². The summed E-state index contributed by atoms with van der Waals surface area (Å²) in [7, 11) is -3.79. The van der Waals surface area contributed by atoms with Crippen LogP contribution in [-0.2, 0) is 9.84 Å². The molecule has 2 N–H and O–H groups in total. The van der Waals surface area contributed by atoms with Crippen LogP contribution >= 0.6 is 23.2 Å². The molecule has 6 aromatic rings. The van der Waals surface area contributed by atoms with Gasteiger partial charge in [-0.05, 0) is 95.1 Å². The molecule has 0 aliphatic carbocycles. The van der Waals surface area contributed by atoms with Crippen LogP contribution in [0.1, 0.15) is 20.7 Å². The van der Waals surface area contributed by atoms with Crippen LogP contribution in [0.2, 0.25) is 10.0 Å². The zero-order valence-corrected chi connectivity index (χ0v) is 27.0. The van der Waals surface area contributed by atoms with Gasteiger partial charge in [-0.25, -0.2) is 8.42 Å². The van der Waals surface area contributed by atoms with Gasteiger partial charge in [0.2, 0.25) is 9.84 Å². The molecule has 0 aliphatic rings. The number of benzene rings is 6. The molecule has 0 radical (unpaired) electrons. The highest BCUT2D eigenvalue weighted by molar-refractivity contribution is 7.91. The third-order valence-electron chi connectivity index (χ3n) is 7.47. The Labute approximate surface area is 282 Å². The van der Waals surface area contributed by atoms with Crippen LogP contribution in [0, 0.1) is 0 Å². The molecule has 0 atom stereocenters. The molecular formula is C38H26Cl2N2O4S. The average molecular weight is 678 g/mol. The second kappa shape index (κ2) is 13.6. The highest BCUT2D eigenvalue weighted by Gasteiger charge is 2.18. The van der Waals surface area contributed by atoms with Crippen molar-refractivity contribution in [2.24, 2.45) is 0 Å². The van der Waals surface area contributed by atoms with Crippen LogP contribution in [0.15, 0.2) is 155 Å². The molecule has 6 rings (SSSR count). The summed E-state index contributed by atoms with van der Waals surface area (Å²) in [6.07, 6.45) is 0. The van der Waals surface area contributed by atoms with E-state index < -0.39 is 9.84 Å². The Morgan fingerprint density at radius 3 is 1.21 bits per heavy atom. The predicted molar refractivity (Wildman–Crippen MR) is 188 cm³/mol. The largest absolute Gasteiger partial charge is 0.322 e. The first kappa shape index (κ1) is 31.8. The maximum Gasteiger partial charge on any atom is 0.257 e. The summed E-state index contributed by atoms with van der Waals surface area (Å²) in [6.45, 7) is 0. The monoisotopic (exact) mass is 676 g/mol. The molecule has 9 heteroatoms. The van der Waals surface area contributed by atoms with Gasteiger partial charge in [0.05, 0.1) is 31.0 Å². The molecule has 0 unspecified atom stereocenters. The second-order valence-corrected chi connectivity index (χ2v) is 13.3. The molecule has 0 aromatic heterocycles. The first-order valence-electron chi connectivity index (χ1n) is 14.5. The minimum atomic E-state index is -3.79. The first-order valence-corrected chi connectivity index (χ1v) is 16.7. The molecular weight excluding hydrogens is 651 g/mol. The summed E-state index contributed by atoms with van der Waals surface area (Å²) >= 11 is 12.3. The number of sulfone groups is 1. The number of carbonyl (C=O) groups is 2. The molecule has 0 bridgehead atoms. The van der Waals surface area contributed by atoms with E-state index in [0.717, 1.165) is 22.3 Å². The van der Waals surface area contributed by atoms with Gasteiger partial charge in [0.15, 0.2) is 0 Å². The molecule has 0 saturated carbocycles. The fourth-order valence-corrected chi connectivity index (χ4v) is 6.73. The van der Waals surface area contributed by atoms with E-state index in [9.17, 15) is 18.0 Å². The third-order valence-corrected chi connectivity index (χ3v) is 9.92. The van der Waals surface area contributed by atoms with Gasteiger partial charge in [0.25, 0.3) is 11.8 Å².